The van der Waals surface area contributed by atoms with Crippen molar-refractivity contribution in [3.8, 4) is 28.5 Å². The number of benzene rings is 1. The second kappa shape index (κ2) is 9.12. The van der Waals surface area contributed by atoms with E-state index in [0.717, 1.165) is 36.9 Å². The van der Waals surface area contributed by atoms with Crippen molar-refractivity contribution >= 4 is 33.5 Å². The van der Waals surface area contributed by atoms with Gasteiger partial charge in [0, 0.05) is 35.6 Å². The lowest BCUT2D eigenvalue weighted by molar-refractivity contribution is -0.119. The quantitative estimate of drug-likeness (QED) is 0.281. The van der Waals surface area contributed by atoms with Crippen LogP contribution < -0.4 is 5.32 Å². The number of aryl methyl sites for hydroxylation is 1. The summed E-state index contributed by atoms with van der Waals surface area (Å²) < 4.78 is 17.9. The minimum Gasteiger partial charge on any atom is -0.336 e. The number of carbonyl (C=O) groups is 1. The molecular weight excluding hydrogens is 497 g/mol. The first-order valence-corrected chi connectivity index (χ1v) is 12.8. The van der Waals surface area contributed by atoms with Crippen molar-refractivity contribution in [2.24, 2.45) is 5.92 Å². The molecule has 5 aromatic heterocycles. The van der Waals surface area contributed by atoms with Gasteiger partial charge in [-0.1, -0.05) is 12.8 Å². The number of H-pyrrole nitrogens is 2. The molecule has 194 valence electrons. The third-order valence-electron chi connectivity index (χ3n) is 7.27. The molecular formula is C28H24FN9O. The van der Waals surface area contributed by atoms with Crippen molar-refractivity contribution in [1.82, 2.24) is 39.7 Å². The molecule has 1 amide bonds. The van der Waals surface area contributed by atoms with Crippen LogP contribution in [0.25, 0.3) is 50.4 Å². The van der Waals surface area contributed by atoms with Gasteiger partial charge < -0.3 is 10.3 Å². The fraction of sp³-hybridized carbons (Fsp3) is 0.214. The topological polar surface area (TPSA) is 130 Å². The number of carbonyl (C=O) groups excluding carboxylic acids is 1. The molecule has 0 saturated heterocycles. The molecule has 6 aromatic rings. The highest BCUT2D eigenvalue weighted by molar-refractivity contribution is 5.97. The number of halogens is 1. The molecule has 1 aliphatic rings. The summed E-state index contributed by atoms with van der Waals surface area (Å²) in [4.78, 5) is 33.6. The number of amides is 1. The van der Waals surface area contributed by atoms with Crippen LogP contribution in [0.5, 0.6) is 0 Å². The van der Waals surface area contributed by atoms with Crippen LogP contribution in [0.4, 0.5) is 10.1 Å². The lowest BCUT2D eigenvalue weighted by atomic mass is 10.0. The Morgan fingerprint density at radius 1 is 1.13 bits per heavy atom. The molecule has 0 atom stereocenters. The second-order valence-electron chi connectivity index (χ2n) is 9.89. The van der Waals surface area contributed by atoms with E-state index in [1.807, 2.05) is 19.2 Å². The second-order valence-corrected chi connectivity index (χ2v) is 9.89. The van der Waals surface area contributed by atoms with Gasteiger partial charge in [-0.25, -0.2) is 19.3 Å². The summed E-state index contributed by atoms with van der Waals surface area (Å²) in [5.74, 6) is 0.575. The molecule has 5 heterocycles. The van der Waals surface area contributed by atoms with E-state index in [4.69, 9.17) is 4.98 Å². The first-order chi connectivity index (χ1) is 19.0. The smallest absolute Gasteiger partial charge is 0.227 e. The Kier molecular flexibility index (Phi) is 5.43. The number of aromatic nitrogens is 8. The van der Waals surface area contributed by atoms with Crippen molar-refractivity contribution in [2.45, 2.75) is 32.6 Å². The lowest BCUT2D eigenvalue weighted by Gasteiger charge is -2.11. The van der Waals surface area contributed by atoms with Crippen molar-refractivity contribution in [2.75, 3.05) is 5.32 Å². The third kappa shape index (κ3) is 4.02. The van der Waals surface area contributed by atoms with E-state index >= 15 is 4.39 Å². The van der Waals surface area contributed by atoms with Crippen LogP contribution in [0.2, 0.25) is 0 Å². The molecule has 0 spiro atoms. The van der Waals surface area contributed by atoms with E-state index in [0.29, 0.717) is 50.6 Å². The van der Waals surface area contributed by atoms with Crippen molar-refractivity contribution in [1.29, 1.82) is 0 Å². The molecule has 0 unspecified atom stereocenters. The Morgan fingerprint density at radius 2 is 2.00 bits per heavy atom. The minimum absolute atomic E-state index is 0.0101. The zero-order valence-corrected chi connectivity index (χ0v) is 21.1. The van der Waals surface area contributed by atoms with E-state index in [-0.39, 0.29) is 11.8 Å². The average Bonchev–Trinajstić information content (AvgIpc) is 3.75. The van der Waals surface area contributed by atoms with Crippen LogP contribution >= 0.6 is 0 Å². The van der Waals surface area contributed by atoms with Crippen LogP contribution in [0.3, 0.4) is 0 Å². The van der Waals surface area contributed by atoms with Crippen LogP contribution in [0.1, 0.15) is 31.4 Å². The van der Waals surface area contributed by atoms with E-state index in [9.17, 15) is 4.79 Å². The monoisotopic (exact) mass is 521 g/mol. The Balaban J connectivity index is 1.28. The highest BCUT2D eigenvalue weighted by Gasteiger charge is 2.24. The molecule has 0 radical (unpaired) electrons. The zero-order valence-electron chi connectivity index (χ0n) is 21.1. The van der Waals surface area contributed by atoms with Gasteiger partial charge in [-0.05, 0) is 44.0 Å². The molecule has 10 nitrogen and oxygen atoms in total. The summed E-state index contributed by atoms with van der Waals surface area (Å²) >= 11 is 0. The molecule has 1 aliphatic carbocycles. The van der Waals surface area contributed by atoms with Gasteiger partial charge in [0.2, 0.25) is 5.91 Å². The maximum Gasteiger partial charge on any atom is 0.227 e. The number of pyridine rings is 2. The maximum absolute atomic E-state index is 16.1. The molecule has 39 heavy (non-hydrogen) atoms. The lowest BCUT2D eigenvalue weighted by Crippen LogP contribution is -2.20. The Hall–Kier alpha value is -4.93. The van der Waals surface area contributed by atoms with E-state index in [1.165, 1.54) is 0 Å². The molecule has 0 aliphatic heterocycles. The van der Waals surface area contributed by atoms with Gasteiger partial charge in [0.1, 0.15) is 23.4 Å². The van der Waals surface area contributed by atoms with Gasteiger partial charge in [0.25, 0.3) is 0 Å². The maximum atomic E-state index is 16.1. The minimum atomic E-state index is -0.457. The molecule has 1 fully saturated rings. The van der Waals surface area contributed by atoms with Crippen LogP contribution in [0, 0.1) is 18.7 Å². The summed E-state index contributed by atoms with van der Waals surface area (Å²) in [6.45, 7) is 1.90. The number of rotatable bonds is 5. The summed E-state index contributed by atoms with van der Waals surface area (Å²) in [5.41, 5.74) is 4.55. The number of imidazole rings is 2. The molecule has 3 N–H and O–H groups in total. The number of nitrogens with one attached hydrogen (secondary N) is 3. The van der Waals surface area contributed by atoms with Gasteiger partial charge in [0.15, 0.2) is 11.6 Å². The Bertz CT molecular complexity index is 1860. The predicted molar refractivity (Wildman–Crippen MR) is 145 cm³/mol. The van der Waals surface area contributed by atoms with E-state index in [2.05, 4.69) is 35.5 Å². The number of fused-ring (bicyclic) bond motifs is 2. The Labute approximate surface area is 221 Å². The number of nitrogens with zero attached hydrogens (tertiary/aromatic N) is 6. The fourth-order valence-corrected chi connectivity index (χ4v) is 5.31. The van der Waals surface area contributed by atoms with Crippen LogP contribution in [0.15, 0.2) is 55.4 Å². The summed E-state index contributed by atoms with van der Waals surface area (Å²) in [5, 5.41) is 10.6. The first kappa shape index (κ1) is 23.2. The average molecular weight is 522 g/mol. The molecule has 11 heteroatoms. The summed E-state index contributed by atoms with van der Waals surface area (Å²) in [7, 11) is 0. The first-order valence-electron chi connectivity index (χ1n) is 12.8. The zero-order chi connectivity index (χ0) is 26.5. The van der Waals surface area contributed by atoms with Crippen LogP contribution in [-0.2, 0) is 4.79 Å². The molecule has 7 rings (SSSR count). The number of hydrogen-bond donors (Lipinski definition) is 3. The van der Waals surface area contributed by atoms with E-state index < -0.39 is 5.82 Å². The Morgan fingerprint density at radius 3 is 2.82 bits per heavy atom. The summed E-state index contributed by atoms with van der Waals surface area (Å²) in [6.07, 6.45) is 12.3. The van der Waals surface area contributed by atoms with Gasteiger partial charge >= 0.3 is 0 Å². The standard InChI is InChI=1S/C28H24FN9O/c1-15-13-38(14-32-15)27-24-21(8-9-31-27)34-26(35-24)25-22-20(36-37-25)7-6-19(23(22)29)17-10-18(12-30-11-17)33-28(39)16-4-2-3-5-16/h6-14,16H,2-5H2,1H3,(H,33,39)(H,34,35)(H,36,37). The highest BCUT2D eigenvalue weighted by Crippen LogP contribution is 2.35. The van der Waals surface area contributed by atoms with Crippen molar-refractivity contribution in [3.63, 3.8) is 0 Å². The highest BCUT2D eigenvalue weighted by atomic mass is 19.1. The third-order valence-corrected chi connectivity index (χ3v) is 7.27. The van der Waals surface area contributed by atoms with Crippen LogP contribution in [-0.4, -0.2) is 45.6 Å². The molecule has 1 saturated carbocycles. The van der Waals surface area contributed by atoms with Gasteiger partial charge in [-0.15, -0.1) is 0 Å². The largest absolute Gasteiger partial charge is 0.336 e. The normalized spacial score (nSPS) is 14.0. The van der Waals surface area contributed by atoms with Crippen molar-refractivity contribution < 1.29 is 9.18 Å². The fourth-order valence-electron chi connectivity index (χ4n) is 5.31. The van der Waals surface area contributed by atoms with Gasteiger partial charge in [0.05, 0.1) is 34.0 Å². The molecule has 1 aromatic carbocycles. The summed E-state index contributed by atoms with van der Waals surface area (Å²) in [6, 6.07) is 7.02. The number of anilines is 1. The van der Waals surface area contributed by atoms with Gasteiger partial charge in [-0.3, -0.25) is 19.4 Å². The van der Waals surface area contributed by atoms with Crippen molar-refractivity contribution in [3.05, 3.63) is 66.9 Å². The van der Waals surface area contributed by atoms with Gasteiger partial charge in [-0.2, -0.15) is 5.10 Å². The van der Waals surface area contributed by atoms with E-state index in [1.54, 1.807) is 47.7 Å². The molecule has 0 bridgehead atoms. The SMILES string of the molecule is Cc1cn(-c2nccc3[nH]c(-c4n[nH]c5ccc(-c6cncc(NC(=O)C7CCCC7)c6)c(F)c45)nc23)cn1. The predicted octanol–water partition coefficient (Wildman–Crippen LogP) is 5.33. The number of hydrogen-bond acceptors (Lipinski definition) is 6. The number of aromatic amines is 2.